The largest absolute Gasteiger partial charge is 0.372 e. The summed E-state index contributed by atoms with van der Waals surface area (Å²) in [5.74, 6) is 0.242. The molecule has 0 radical (unpaired) electrons. The molecule has 34 heavy (non-hydrogen) atoms. The summed E-state index contributed by atoms with van der Waals surface area (Å²) < 4.78 is 5.80. The van der Waals surface area contributed by atoms with Crippen molar-refractivity contribution in [1.29, 1.82) is 0 Å². The topological polar surface area (TPSA) is 83.1 Å². The first-order chi connectivity index (χ1) is 16.4. The summed E-state index contributed by atoms with van der Waals surface area (Å²) in [4.78, 5) is 27.2. The number of hydrogen-bond acceptors (Lipinski definition) is 5. The number of nitrogens with one attached hydrogen (secondary N) is 2. The Hall–Kier alpha value is -3.13. The van der Waals surface area contributed by atoms with Crippen LogP contribution in [0.25, 0.3) is 22.4 Å². The van der Waals surface area contributed by atoms with Gasteiger partial charge in [-0.05, 0) is 50.2 Å². The molecule has 3 heterocycles. The van der Waals surface area contributed by atoms with Gasteiger partial charge in [0.2, 0.25) is 0 Å². The number of para-hydroxylation sites is 2. The SMILES string of the molecule is C[C@@H]1CN(c2ccc(C(=O)Nc3cnc(Cl)c(-c4nc5ccccc5[nH]4)c3)c(Cl)c2)C[C@H](C)O1. The molecule has 2 aromatic heterocycles. The van der Waals surface area contributed by atoms with Crippen LogP contribution in [0, 0.1) is 0 Å². The molecule has 1 aliphatic rings. The van der Waals surface area contributed by atoms with Gasteiger partial charge in [-0.2, -0.15) is 0 Å². The van der Waals surface area contributed by atoms with Crippen molar-refractivity contribution < 1.29 is 9.53 Å². The number of imidazole rings is 1. The predicted molar refractivity (Wildman–Crippen MR) is 136 cm³/mol. The van der Waals surface area contributed by atoms with E-state index in [9.17, 15) is 4.79 Å². The zero-order chi connectivity index (χ0) is 23.8. The van der Waals surface area contributed by atoms with Crippen LogP contribution in [0.2, 0.25) is 10.2 Å². The standard InChI is InChI=1S/C25H23Cl2N5O2/c1-14-12-32(13-15(2)34-14)17-7-8-18(20(26)10-17)25(33)29-16-9-19(23(27)28-11-16)24-30-21-5-3-4-6-22(21)31-24/h3-11,14-15H,12-13H2,1-2H3,(H,29,33)(H,30,31)/t14-,15+. The maximum absolute atomic E-state index is 13.0. The molecule has 1 aliphatic heterocycles. The lowest BCUT2D eigenvalue weighted by molar-refractivity contribution is -0.00522. The van der Waals surface area contributed by atoms with Crippen LogP contribution in [0.4, 0.5) is 11.4 Å². The van der Waals surface area contributed by atoms with Gasteiger partial charge in [0.15, 0.2) is 0 Å². The van der Waals surface area contributed by atoms with Gasteiger partial charge in [0.25, 0.3) is 5.91 Å². The highest BCUT2D eigenvalue weighted by atomic mass is 35.5. The van der Waals surface area contributed by atoms with E-state index in [-0.39, 0.29) is 23.3 Å². The number of benzene rings is 2. The molecule has 9 heteroatoms. The first-order valence-electron chi connectivity index (χ1n) is 11.0. The Morgan fingerprint density at radius 2 is 1.88 bits per heavy atom. The molecule has 7 nitrogen and oxygen atoms in total. The van der Waals surface area contributed by atoms with Crippen LogP contribution in [0.1, 0.15) is 24.2 Å². The maximum atomic E-state index is 13.0. The van der Waals surface area contributed by atoms with Gasteiger partial charge < -0.3 is 19.9 Å². The van der Waals surface area contributed by atoms with E-state index in [1.807, 2.05) is 50.2 Å². The Kier molecular flexibility index (Phi) is 6.16. The highest BCUT2D eigenvalue weighted by Crippen LogP contribution is 2.30. The monoisotopic (exact) mass is 495 g/mol. The smallest absolute Gasteiger partial charge is 0.257 e. The van der Waals surface area contributed by atoms with Gasteiger partial charge in [-0.3, -0.25) is 4.79 Å². The third-order valence-corrected chi connectivity index (χ3v) is 6.34. The van der Waals surface area contributed by atoms with Crippen LogP contribution in [0.5, 0.6) is 0 Å². The molecular formula is C25H23Cl2N5O2. The number of H-pyrrole nitrogens is 1. The van der Waals surface area contributed by atoms with E-state index in [1.165, 1.54) is 6.20 Å². The van der Waals surface area contributed by atoms with Crippen molar-refractivity contribution in [3.63, 3.8) is 0 Å². The van der Waals surface area contributed by atoms with Gasteiger partial charge in [-0.15, -0.1) is 0 Å². The minimum Gasteiger partial charge on any atom is -0.372 e. The fourth-order valence-electron chi connectivity index (χ4n) is 4.23. The third-order valence-electron chi connectivity index (χ3n) is 5.72. The number of aromatic amines is 1. The molecule has 1 fully saturated rings. The van der Waals surface area contributed by atoms with Gasteiger partial charge in [0, 0.05) is 18.8 Å². The zero-order valence-corrected chi connectivity index (χ0v) is 20.2. The molecule has 5 rings (SSSR count). The van der Waals surface area contributed by atoms with E-state index in [1.54, 1.807) is 12.1 Å². The summed E-state index contributed by atoms with van der Waals surface area (Å²) in [6.45, 7) is 5.64. The fraction of sp³-hybridized carbons (Fsp3) is 0.240. The highest BCUT2D eigenvalue weighted by molar-refractivity contribution is 6.35. The lowest BCUT2D eigenvalue weighted by Crippen LogP contribution is -2.45. The van der Waals surface area contributed by atoms with Crippen molar-refractivity contribution in [3.8, 4) is 11.4 Å². The Labute approximate surface area is 207 Å². The molecule has 2 atom stereocenters. The van der Waals surface area contributed by atoms with E-state index in [0.29, 0.717) is 27.7 Å². The molecule has 0 saturated carbocycles. The zero-order valence-electron chi connectivity index (χ0n) is 18.7. The average Bonchev–Trinajstić information content (AvgIpc) is 3.23. The number of hydrogen-bond donors (Lipinski definition) is 2. The lowest BCUT2D eigenvalue weighted by Gasteiger charge is -2.37. The number of nitrogens with zero attached hydrogens (tertiary/aromatic N) is 3. The lowest BCUT2D eigenvalue weighted by atomic mass is 10.1. The highest BCUT2D eigenvalue weighted by Gasteiger charge is 2.23. The van der Waals surface area contributed by atoms with Crippen LogP contribution in [0.15, 0.2) is 54.7 Å². The number of ether oxygens (including phenoxy) is 1. The molecule has 0 bridgehead atoms. The van der Waals surface area contributed by atoms with Gasteiger partial charge in [0.1, 0.15) is 11.0 Å². The maximum Gasteiger partial charge on any atom is 0.257 e. The quantitative estimate of drug-likeness (QED) is 0.349. The minimum atomic E-state index is -0.333. The second kappa shape index (κ2) is 9.25. The van der Waals surface area contributed by atoms with Crippen LogP contribution >= 0.6 is 23.2 Å². The summed E-state index contributed by atoms with van der Waals surface area (Å²) in [7, 11) is 0. The number of fused-ring (bicyclic) bond motifs is 1. The number of carbonyl (C=O) groups is 1. The first-order valence-corrected chi connectivity index (χ1v) is 11.7. The van der Waals surface area contributed by atoms with Crippen molar-refractivity contribution in [2.24, 2.45) is 0 Å². The van der Waals surface area contributed by atoms with Crippen molar-refractivity contribution in [2.75, 3.05) is 23.3 Å². The summed E-state index contributed by atoms with van der Waals surface area (Å²) in [6, 6.07) is 14.9. The summed E-state index contributed by atoms with van der Waals surface area (Å²) in [5.41, 5.74) is 4.12. The van der Waals surface area contributed by atoms with E-state index in [0.717, 1.165) is 29.8 Å². The summed E-state index contributed by atoms with van der Waals surface area (Å²) >= 11 is 12.8. The van der Waals surface area contributed by atoms with E-state index < -0.39 is 0 Å². The summed E-state index contributed by atoms with van der Waals surface area (Å²) in [6.07, 6.45) is 1.76. The number of amides is 1. The van der Waals surface area contributed by atoms with Crippen molar-refractivity contribution >= 4 is 51.5 Å². The predicted octanol–water partition coefficient (Wildman–Crippen LogP) is 5.80. The second-order valence-electron chi connectivity index (χ2n) is 8.45. The summed E-state index contributed by atoms with van der Waals surface area (Å²) in [5, 5.41) is 3.53. The Morgan fingerprint density at radius 1 is 1.12 bits per heavy atom. The Balaban J connectivity index is 1.36. The minimum absolute atomic E-state index is 0.129. The molecule has 0 aliphatic carbocycles. The number of pyridine rings is 1. The van der Waals surface area contributed by atoms with Crippen LogP contribution in [-0.2, 0) is 4.74 Å². The van der Waals surface area contributed by atoms with E-state index in [2.05, 4.69) is 25.2 Å². The molecule has 174 valence electrons. The molecule has 4 aromatic rings. The normalized spacial score (nSPS) is 18.3. The number of carbonyl (C=O) groups excluding carboxylic acids is 1. The van der Waals surface area contributed by atoms with Gasteiger partial charge >= 0.3 is 0 Å². The van der Waals surface area contributed by atoms with Crippen LogP contribution in [-0.4, -0.2) is 46.2 Å². The van der Waals surface area contributed by atoms with Gasteiger partial charge in [0.05, 0.1) is 51.3 Å². The van der Waals surface area contributed by atoms with Crippen molar-refractivity contribution in [1.82, 2.24) is 15.0 Å². The molecule has 2 N–H and O–H groups in total. The molecule has 1 amide bonds. The van der Waals surface area contributed by atoms with Gasteiger partial charge in [-0.25, -0.2) is 9.97 Å². The second-order valence-corrected chi connectivity index (χ2v) is 9.21. The number of morpholine rings is 1. The molecule has 0 spiro atoms. The average molecular weight is 496 g/mol. The Morgan fingerprint density at radius 3 is 2.62 bits per heavy atom. The van der Waals surface area contributed by atoms with Gasteiger partial charge in [-0.1, -0.05) is 35.3 Å². The van der Waals surface area contributed by atoms with Crippen molar-refractivity contribution in [3.05, 3.63) is 70.5 Å². The first kappa shape index (κ1) is 22.7. The molecule has 0 unspecified atom stereocenters. The van der Waals surface area contributed by atoms with E-state index >= 15 is 0 Å². The van der Waals surface area contributed by atoms with Crippen molar-refractivity contribution in [2.45, 2.75) is 26.1 Å². The molecule has 1 saturated heterocycles. The number of halogens is 2. The fourth-order valence-corrected chi connectivity index (χ4v) is 4.69. The molecular weight excluding hydrogens is 473 g/mol. The van der Waals surface area contributed by atoms with Crippen LogP contribution < -0.4 is 10.2 Å². The number of aromatic nitrogens is 3. The van der Waals surface area contributed by atoms with E-state index in [4.69, 9.17) is 27.9 Å². The number of anilines is 2. The number of rotatable bonds is 4. The third kappa shape index (κ3) is 4.59. The Bertz CT molecular complexity index is 1330. The van der Waals surface area contributed by atoms with Crippen LogP contribution in [0.3, 0.4) is 0 Å². The molecule has 2 aromatic carbocycles.